The van der Waals surface area contributed by atoms with Gasteiger partial charge in [0.05, 0.1) is 18.4 Å². The molecule has 6 nitrogen and oxygen atoms in total. The van der Waals surface area contributed by atoms with Gasteiger partial charge in [-0.05, 0) is 37.2 Å². The van der Waals surface area contributed by atoms with Gasteiger partial charge in [-0.1, -0.05) is 0 Å². The number of amides is 1. The molecule has 1 saturated heterocycles. The predicted octanol–water partition coefficient (Wildman–Crippen LogP) is 1.29. The number of pyridine rings is 1. The molecule has 0 unspecified atom stereocenters. The second-order valence-electron chi connectivity index (χ2n) is 5.87. The summed E-state index contributed by atoms with van der Waals surface area (Å²) in [4.78, 5) is 18.5. The average Bonchev–Trinajstić information content (AvgIpc) is 3.09. The highest BCUT2D eigenvalue weighted by Crippen LogP contribution is 2.20. The van der Waals surface area contributed by atoms with Crippen molar-refractivity contribution in [2.45, 2.75) is 19.0 Å². The lowest BCUT2D eigenvalue weighted by atomic mass is 9.92. The minimum absolute atomic E-state index is 0.0727. The topological polar surface area (TPSA) is 78.6 Å². The molecule has 122 valence electrons. The lowest BCUT2D eigenvalue weighted by Gasteiger charge is -2.37. The summed E-state index contributed by atoms with van der Waals surface area (Å²) in [6, 6.07) is 7.21. The van der Waals surface area contributed by atoms with Crippen LogP contribution in [0.5, 0.6) is 0 Å². The summed E-state index contributed by atoms with van der Waals surface area (Å²) in [5.74, 6) is 0.828. The molecule has 23 heavy (non-hydrogen) atoms. The summed E-state index contributed by atoms with van der Waals surface area (Å²) < 4.78 is 5.39. The van der Waals surface area contributed by atoms with Crippen molar-refractivity contribution in [2.75, 3.05) is 19.7 Å². The Labute approximate surface area is 135 Å². The Morgan fingerprint density at radius 2 is 2.35 bits per heavy atom. The zero-order valence-electron chi connectivity index (χ0n) is 12.9. The molecule has 2 aromatic heterocycles. The smallest absolute Gasteiger partial charge is 0.253 e. The first-order valence-corrected chi connectivity index (χ1v) is 7.82. The number of carbonyl (C=O) groups excluding carboxylic acids is 1. The summed E-state index contributed by atoms with van der Waals surface area (Å²) in [7, 11) is 0. The number of furan rings is 1. The number of nitrogens with zero attached hydrogens (tertiary/aromatic N) is 2. The van der Waals surface area contributed by atoms with E-state index in [-0.39, 0.29) is 24.5 Å². The number of nitrogens with one attached hydrogen (secondary N) is 1. The number of piperidine rings is 1. The van der Waals surface area contributed by atoms with E-state index in [4.69, 9.17) is 4.42 Å². The van der Waals surface area contributed by atoms with Gasteiger partial charge in [0.2, 0.25) is 0 Å². The Kier molecular flexibility index (Phi) is 5.05. The number of likely N-dealkylation sites (tertiary alicyclic amines) is 1. The Balaban J connectivity index is 1.63. The van der Waals surface area contributed by atoms with Crippen LogP contribution in [0.1, 0.15) is 22.5 Å². The largest absolute Gasteiger partial charge is 0.468 e. The fourth-order valence-corrected chi connectivity index (χ4v) is 2.97. The molecule has 3 heterocycles. The molecule has 6 heteroatoms. The predicted molar refractivity (Wildman–Crippen MR) is 84.7 cm³/mol. The highest BCUT2D eigenvalue weighted by Gasteiger charge is 2.30. The van der Waals surface area contributed by atoms with Crippen molar-refractivity contribution >= 4 is 5.91 Å². The zero-order chi connectivity index (χ0) is 16.1. The van der Waals surface area contributed by atoms with Crippen LogP contribution < -0.4 is 5.32 Å². The molecule has 1 fully saturated rings. The monoisotopic (exact) mass is 315 g/mol. The Morgan fingerprint density at radius 3 is 3.04 bits per heavy atom. The molecular weight excluding hydrogens is 294 g/mol. The summed E-state index contributed by atoms with van der Waals surface area (Å²) in [5.41, 5.74) is 0.535. The fraction of sp³-hybridized carbons (Fsp3) is 0.412. The third-order valence-electron chi connectivity index (χ3n) is 4.27. The van der Waals surface area contributed by atoms with Gasteiger partial charge in [0.15, 0.2) is 0 Å². The van der Waals surface area contributed by atoms with Crippen LogP contribution in [0.25, 0.3) is 0 Å². The quantitative estimate of drug-likeness (QED) is 0.869. The van der Waals surface area contributed by atoms with Gasteiger partial charge < -0.3 is 14.8 Å². The van der Waals surface area contributed by atoms with Crippen molar-refractivity contribution in [3.63, 3.8) is 0 Å². The van der Waals surface area contributed by atoms with E-state index in [0.717, 1.165) is 18.7 Å². The zero-order valence-corrected chi connectivity index (χ0v) is 12.9. The number of aliphatic hydroxyl groups is 1. The summed E-state index contributed by atoms with van der Waals surface area (Å²) in [6.45, 7) is 2.36. The molecule has 2 atom stereocenters. The summed E-state index contributed by atoms with van der Waals surface area (Å²) >= 11 is 0. The molecule has 0 aliphatic carbocycles. The van der Waals surface area contributed by atoms with Crippen LogP contribution in [0.3, 0.4) is 0 Å². The van der Waals surface area contributed by atoms with Gasteiger partial charge in [-0.25, -0.2) is 0 Å². The second kappa shape index (κ2) is 7.39. The molecule has 0 bridgehead atoms. The molecule has 1 aliphatic heterocycles. The van der Waals surface area contributed by atoms with E-state index in [2.05, 4.69) is 15.2 Å². The average molecular weight is 315 g/mol. The van der Waals surface area contributed by atoms with Crippen LogP contribution in [0.4, 0.5) is 0 Å². The SMILES string of the molecule is O=C(N[C@@H]1CN(Cc2ccco2)CC[C@@H]1CO)c1cccnc1. The number of carbonyl (C=O) groups is 1. The highest BCUT2D eigenvalue weighted by molar-refractivity contribution is 5.94. The van der Waals surface area contributed by atoms with Crippen molar-refractivity contribution < 1.29 is 14.3 Å². The van der Waals surface area contributed by atoms with Crippen molar-refractivity contribution in [1.82, 2.24) is 15.2 Å². The standard InChI is InChI=1S/C17H21N3O3/c21-12-14-5-7-20(10-15-4-2-8-23-15)11-16(14)19-17(22)13-3-1-6-18-9-13/h1-4,6,8-9,14,16,21H,5,7,10-12H2,(H,19,22)/t14-,16-/m1/s1. The van der Waals surface area contributed by atoms with E-state index in [1.54, 1.807) is 30.8 Å². The maximum Gasteiger partial charge on any atom is 0.253 e. The number of aromatic nitrogens is 1. The molecule has 1 aliphatic rings. The second-order valence-corrected chi connectivity index (χ2v) is 5.87. The van der Waals surface area contributed by atoms with E-state index in [1.165, 1.54) is 0 Å². The summed E-state index contributed by atoms with van der Waals surface area (Å²) in [6.07, 6.45) is 5.69. The Hall–Kier alpha value is -2.18. The minimum Gasteiger partial charge on any atom is -0.468 e. The maximum absolute atomic E-state index is 12.3. The minimum atomic E-state index is -0.151. The van der Waals surface area contributed by atoms with Gasteiger partial charge in [0.1, 0.15) is 5.76 Å². The highest BCUT2D eigenvalue weighted by atomic mass is 16.3. The van der Waals surface area contributed by atoms with Gasteiger partial charge in [-0.3, -0.25) is 14.7 Å². The first kappa shape index (κ1) is 15.7. The lowest BCUT2D eigenvalue weighted by Crippen LogP contribution is -2.53. The Bertz CT molecular complexity index is 615. The molecule has 0 spiro atoms. The number of rotatable bonds is 5. The van der Waals surface area contributed by atoms with E-state index in [1.807, 2.05) is 12.1 Å². The van der Waals surface area contributed by atoms with Crippen LogP contribution in [-0.4, -0.2) is 46.6 Å². The van der Waals surface area contributed by atoms with Gasteiger partial charge >= 0.3 is 0 Å². The molecule has 2 N–H and O–H groups in total. The van der Waals surface area contributed by atoms with Crippen molar-refractivity contribution in [3.05, 3.63) is 54.2 Å². The van der Waals surface area contributed by atoms with E-state index in [0.29, 0.717) is 18.7 Å². The van der Waals surface area contributed by atoms with Crippen molar-refractivity contribution in [3.8, 4) is 0 Å². The third-order valence-corrected chi connectivity index (χ3v) is 4.27. The van der Waals surface area contributed by atoms with E-state index >= 15 is 0 Å². The molecule has 2 aromatic rings. The molecule has 0 aromatic carbocycles. The van der Waals surface area contributed by atoms with Gasteiger partial charge in [-0.15, -0.1) is 0 Å². The molecule has 0 saturated carbocycles. The lowest BCUT2D eigenvalue weighted by molar-refractivity contribution is 0.0713. The van der Waals surface area contributed by atoms with Crippen molar-refractivity contribution in [2.24, 2.45) is 5.92 Å². The first-order chi connectivity index (χ1) is 11.3. The van der Waals surface area contributed by atoms with Crippen LogP contribution in [-0.2, 0) is 6.54 Å². The number of hydrogen-bond acceptors (Lipinski definition) is 5. The van der Waals surface area contributed by atoms with Crippen LogP contribution >= 0.6 is 0 Å². The van der Waals surface area contributed by atoms with Crippen LogP contribution in [0, 0.1) is 5.92 Å². The van der Waals surface area contributed by atoms with Gasteiger partial charge in [0.25, 0.3) is 5.91 Å². The molecule has 3 rings (SSSR count). The first-order valence-electron chi connectivity index (χ1n) is 7.82. The number of hydrogen-bond donors (Lipinski definition) is 2. The van der Waals surface area contributed by atoms with Crippen molar-refractivity contribution in [1.29, 1.82) is 0 Å². The van der Waals surface area contributed by atoms with Gasteiger partial charge in [0, 0.05) is 37.5 Å². The van der Waals surface area contributed by atoms with Crippen LogP contribution in [0.2, 0.25) is 0 Å². The number of aliphatic hydroxyl groups excluding tert-OH is 1. The normalized spacial score (nSPS) is 22.0. The molecule has 1 amide bonds. The Morgan fingerprint density at radius 1 is 1.43 bits per heavy atom. The van der Waals surface area contributed by atoms with Crippen LogP contribution in [0.15, 0.2) is 47.3 Å². The maximum atomic E-state index is 12.3. The summed E-state index contributed by atoms with van der Waals surface area (Å²) in [5, 5.41) is 12.6. The van der Waals surface area contributed by atoms with E-state index in [9.17, 15) is 9.90 Å². The van der Waals surface area contributed by atoms with Gasteiger partial charge in [-0.2, -0.15) is 0 Å². The van der Waals surface area contributed by atoms with E-state index < -0.39 is 0 Å². The fourth-order valence-electron chi connectivity index (χ4n) is 2.97. The molecule has 0 radical (unpaired) electrons. The molecular formula is C17H21N3O3. The third kappa shape index (κ3) is 3.97.